The Balaban J connectivity index is 2.04. The lowest BCUT2D eigenvalue weighted by Gasteiger charge is -2.19. The molecule has 114 valence electrons. The highest BCUT2D eigenvalue weighted by atomic mass is 35.5. The Kier molecular flexibility index (Phi) is 4.54. The fraction of sp³-hybridized carbons (Fsp3) is 0.308. The SMILES string of the molecule is CC(C)CC(=O)ON1ON(c2ccc(F)c(Cl)c2)C=C1N. The molecule has 1 aromatic rings. The summed E-state index contributed by atoms with van der Waals surface area (Å²) in [5.74, 6) is -0.790. The molecule has 6 nitrogen and oxygen atoms in total. The maximum absolute atomic E-state index is 13.1. The quantitative estimate of drug-likeness (QED) is 0.921. The Labute approximate surface area is 126 Å². The Morgan fingerprint density at radius 2 is 2.24 bits per heavy atom. The van der Waals surface area contributed by atoms with E-state index < -0.39 is 11.8 Å². The van der Waals surface area contributed by atoms with E-state index in [1.807, 2.05) is 13.8 Å². The van der Waals surface area contributed by atoms with Gasteiger partial charge in [0.1, 0.15) is 5.82 Å². The van der Waals surface area contributed by atoms with Crippen LogP contribution in [0.5, 0.6) is 0 Å². The molecule has 1 heterocycles. The van der Waals surface area contributed by atoms with Gasteiger partial charge in [0, 0.05) is 0 Å². The molecular formula is C13H15ClFN3O3. The highest BCUT2D eigenvalue weighted by Gasteiger charge is 2.26. The number of anilines is 1. The number of halogens is 2. The van der Waals surface area contributed by atoms with Crippen molar-refractivity contribution in [1.29, 1.82) is 0 Å². The minimum atomic E-state index is -0.545. The number of nitrogens with zero attached hydrogens (tertiary/aromatic N) is 2. The predicted octanol–water partition coefficient (Wildman–Crippen LogP) is 2.71. The highest BCUT2D eigenvalue weighted by molar-refractivity contribution is 6.31. The summed E-state index contributed by atoms with van der Waals surface area (Å²) in [6.07, 6.45) is 1.61. The van der Waals surface area contributed by atoms with Crippen molar-refractivity contribution in [2.24, 2.45) is 11.7 Å². The fourth-order valence-corrected chi connectivity index (χ4v) is 1.77. The number of carbonyl (C=O) groups excluding carboxylic acids is 1. The molecule has 0 fully saturated rings. The van der Waals surface area contributed by atoms with Gasteiger partial charge in [-0.25, -0.2) is 9.18 Å². The fourth-order valence-electron chi connectivity index (χ4n) is 1.59. The van der Waals surface area contributed by atoms with Crippen LogP contribution in [-0.4, -0.2) is 11.2 Å². The van der Waals surface area contributed by atoms with Crippen LogP contribution in [0.25, 0.3) is 0 Å². The van der Waals surface area contributed by atoms with Crippen LogP contribution >= 0.6 is 11.6 Å². The summed E-state index contributed by atoms with van der Waals surface area (Å²) in [7, 11) is 0. The Bertz CT molecular complexity index is 580. The van der Waals surface area contributed by atoms with Crippen molar-refractivity contribution < 1.29 is 19.0 Å². The third kappa shape index (κ3) is 3.77. The number of carbonyl (C=O) groups is 1. The van der Waals surface area contributed by atoms with E-state index in [9.17, 15) is 9.18 Å². The summed E-state index contributed by atoms with van der Waals surface area (Å²) in [4.78, 5) is 21.8. The summed E-state index contributed by atoms with van der Waals surface area (Å²) in [5, 5.41) is 1.95. The highest BCUT2D eigenvalue weighted by Crippen LogP contribution is 2.27. The number of hydroxylamine groups is 3. The molecule has 0 radical (unpaired) electrons. The molecule has 0 bridgehead atoms. The van der Waals surface area contributed by atoms with E-state index in [0.717, 1.165) is 5.23 Å². The zero-order chi connectivity index (χ0) is 15.6. The first-order valence-electron chi connectivity index (χ1n) is 6.27. The topological polar surface area (TPSA) is 68.0 Å². The van der Waals surface area contributed by atoms with Gasteiger partial charge in [-0.15, -0.1) is 4.94 Å². The van der Waals surface area contributed by atoms with Gasteiger partial charge >= 0.3 is 5.97 Å². The smallest absolute Gasteiger partial charge is 0.335 e. The summed E-state index contributed by atoms with van der Waals surface area (Å²) >= 11 is 5.70. The standard InChI is InChI=1S/C13H15ClFN3O3/c1-8(2)5-13(19)20-18-12(16)7-17(21-18)9-3-4-11(15)10(14)6-9/h3-4,6-8H,5,16H2,1-2H3. The van der Waals surface area contributed by atoms with Gasteiger partial charge in [-0.1, -0.05) is 25.4 Å². The molecule has 0 aromatic heterocycles. The molecule has 8 heteroatoms. The monoisotopic (exact) mass is 315 g/mol. The van der Waals surface area contributed by atoms with E-state index in [2.05, 4.69) is 0 Å². The van der Waals surface area contributed by atoms with E-state index in [0.29, 0.717) is 5.69 Å². The van der Waals surface area contributed by atoms with Crippen LogP contribution in [0.4, 0.5) is 10.1 Å². The molecule has 0 aliphatic carbocycles. The van der Waals surface area contributed by atoms with E-state index >= 15 is 0 Å². The molecule has 2 rings (SSSR count). The molecule has 1 aliphatic rings. The first kappa shape index (κ1) is 15.4. The normalized spacial score (nSPS) is 14.6. The lowest BCUT2D eigenvalue weighted by atomic mass is 10.1. The van der Waals surface area contributed by atoms with Crippen LogP contribution in [0.15, 0.2) is 30.2 Å². The second-order valence-corrected chi connectivity index (χ2v) is 5.29. The van der Waals surface area contributed by atoms with Crippen molar-refractivity contribution >= 4 is 23.3 Å². The second kappa shape index (κ2) is 6.19. The number of nitrogens with two attached hydrogens (primary N) is 1. The Morgan fingerprint density at radius 1 is 1.52 bits per heavy atom. The average molecular weight is 316 g/mol. The second-order valence-electron chi connectivity index (χ2n) is 4.88. The van der Waals surface area contributed by atoms with Gasteiger partial charge in [0.2, 0.25) is 0 Å². The minimum absolute atomic E-state index is 0.0571. The zero-order valence-electron chi connectivity index (χ0n) is 11.5. The van der Waals surface area contributed by atoms with E-state index in [4.69, 9.17) is 27.1 Å². The van der Waals surface area contributed by atoms with Crippen molar-refractivity contribution in [2.45, 2.75) is 20.3 Å². The molecule has 21 heavy (non-hydrogen) atoms. The van der Waals surface area contributed by atoms with E-state index in [1.165, 1.54) is 29.5 Å². The number of benzene rings is 1. The molecule has 2 N–H and O–H groups in total. The molecule has 0 amide bonds. The van der Waals surface area contributed by atoms with Crippen LogP contribution in [-0.2, 0) is 14.6 Å². The van der Waals surface area contributed by atoms with Gasteiger partial charge in [0.15, 0.2) is 5.82 Å². The zero-order valence-corrected chi connectivity index (χ0v) is 12.3. The van der Waals surface area contributed by atoms with Gasteiger partial charge in [0.05, 0.1) is 23.3 Å². The summed E-state index contributed by atoms with van der Waals surface area (Å²) < 4.78 is 13.1. The van der Waals surface area contributed by atoms with Crippen molar-refractivity contribution in [3.05, 3.63) is 41.1 Å². The van der Waals surface area contributed by atoms with Crippen molar-refractivity contribution in [1.82, 2.24) is 5.23 Å². The third-order valence-electron chi connectivity index (χ3n) is 2.54. The third-order valence-corrected chi connectivity index (χ3v) is 2.83. The van der Waals surface area contributed by atoms with Crippen LogP contribution in [0, 0.1) is 11.7 Å². The Morgan fingerprint density at radius 3 is 2.86 bits per heavy atom. The lowest BCUT2D eigenvalue weighted by molar-refractivity contribution is -0.314. The van der Waals surface area contributed by atoms with Crippen LogP contribution in [0.2, 0.25) is 5.02 Å². The number of hydrogen-bond donors (Lipinski definition) is 1. The first-order valence-corrected chi connectivity index (χ1v) is 6.65. The van der Waals surface area contributed by atoms with Crippen LogP contribution in [0.3, 0.4) is 0 Å². The molecule has 0 spiro atoms. The number of hydrogen-bond acceptors (Lipinski definition) is 6. The van der Waals surface area contributed by atoms with Gasteiger partial charge in [-0.3, -0.25) is 0 Å². The molecule has 0 saturated heterocycles. The predicted molar refractivity (Wildman–Crippen MR) is 74.6 cm³/mol. The molecule has 0 saturated carbocycles. The average Bonchev–Trinajstić information content (AvgIpc) is 2.73. The maximum atomic E-state index is 13.1. The molecule has 0 atom stereocenters. The molecule has 1 aromatic carbocycles. The van der Waals surface area contributed by atoms with Gasteiger partial charge in [-0.05, 0) is 29.3 Å². The Hall–Kier alpha value is -1.99. The minimum Gasteiger partial charge on any atom is -0.379 e. The van der Waals surface area contributed by atoms with Gasteiger partial charge < -0.3 is 10.6 Å². The van der Waals surface area contributed by atoms with Gasteiger partial charge in [-0.2, -0.15) is 5.06 Å². The van der Waals surface area contributed by atoms with Crippen molar-refractivity contribution in [3.63, 3.8) is 0 Å². The summed E-state index contributed by atoms with van der Waals surface area (Å²) in [5.41, 5.74) is 6.13. The number of rotatable bonds is 4. The van der Waals surface area contributed by atoms with E-state index in [-0.39, 0.29) is 23.2 Å². The van der Waals surface area contributed by atoms with E-state index in [1.54, 1.807) is 0 Å². The van der Waals surface area contributed by atoms with Gasteiger partial charge in [0.25, 0.3) is 0 Å². The van der Waals surface area contributed by atoms with Crippen molar-refractivity contribution in [2.75, 3.05) is 5.06 Å². The first-order chi connectivity index (χ1) is 9.86. The largest absolute Gasteiger partial charge is 0.379 e. The van der Waals surface area contributed by atoms with Crippen molar-refractivity contribution in [3.8, 4) is 0 Å². The molecular weight excluding hydrogens is 301 g/mol. The molecule has 0 unspecified atom stereocenters. The lowest BCUT2D eigenvalue weighted by Crippen LogP contribution is -2.30. The molecule has 1 aliphatic heterocycles. The van der Waals surface area contributed by atoms with Crippen LogP contribution in [0.1, 0.15) is 20.3 Å². The summed E-state index contributed by atoms with van der Waals surface area (Å²) in [6, 6.07) is 4.00. The van der Waals surface area contributed by atoms with Crippen LogP contribution < -0.4 is 10.8 Å². The summed E-state index contributed by atoms with van der Waals surface area (Å²) in [6.45, 7) is 3.77. The maximum Gasteiger partial charge on any atom is 0.335 e.